The van der Waals surface area contributed by atoms with Gasteiger partial charge in [-0.15, -0.1) is 0 Å². The van der Waals surface area contributed by atoms with Gasteiger partial charge in [-0.3, -0.25) is 0 Å². The van der Waals surface area contributed by atoms with Crippen LogP contribution in [-0.2, 0) is 18.9 Å². The molecule has 166 valence electrons. The lowest BCUT2D eigenvalue weighted by atomic mass is 9.96. The number of fused-ring (bicyclic) bond motifs is 1. The summed E-state index contributed by atoms with van der Waals surface area (Å²) in [6.45, 7) is 3.04. The van der Waals surface area contributed by atoms with Crippen molar-refractivity contribution in [1.29, 1.82) is 0 Å². The van der Waals surface area contributed by atoms with Crippen LogP contribution >= 0.6 is 22.6 Å². The van der Waals surface area contributed by atoms with Gasteiger partial charge < -0.3 is 18.9 Å². The summed E-state index contributed by atoms with van der Waals surface area (Å²) >= 11 is 1.21. The Hall–Kier alpha value is -0.0600. The Morgan fingerprint density at radius 1 is 0.964 bits per heavy atom. The Morgan fingerprint density at radius 2 is 1.50 bits per heavy atom. The summed E-state index contributed by atoms with van der Waals surface area (Å²) in [6, 6.07) is 0. The zero-order valence-corrected chi connectivity index (χ0v) is 16.7. The van der Waals surface area contributed by atoms with Crippen molar-refractivity contribution in [2.45, 2.75) is 78.5 Å². The molecule has 2 fully saturated rings. The van der Waals surface area contributed by atoms with E-state index in [0.29, 0.717) is 0 Å². The maximum atomic E-state index is 13.9. The van der Waals surface area contributed by atoms with E-state index < -0.39 is 64.7 Å². The van der Waals surface area contributed by atoms with Gasteiger partial charge in [-0.2, -0.15) is 39.5 Å². The first-order valence-electron chi connectivity index (χ1n) is 7.76. The van der Waals surface area contributed by atoms with Crippen LogP contribution in [-0.4, -0.2) is 65.4 Å². The van der Waals surface area contributed by atoms with Crippen LogP contribution in [0.1, 0.15) is 20.3 Å². The lowest BCUT2D eigenvalue weighted by Crippen LogP contribution is -2.61. The topological polar surface area (TPSA) is 36.9 Å². The van der Waals surface area contributed by atoms with Gasteiger partial charge in [0.2, 0.25) is 0 Å². The van der Waals surface area contributed by atoms with E-state index in [-0.39, 0.29) is 0 Å². The third kappa shape index (κ3) is 3.95. The van der Waals surface area contributed by atoms with Crippen molar-refractivity contribution < 1.29 is 58.5 Å². The maximum Gasteiger partial charge on any atom is 0.460 e. The zero-order chi connectivity index (χ0) is 21.9. The van der Waals surface area contributed by atoms with Crippen molar-refractivity contribution in [3.63, 3.8) is 0 Å². The van der Waals surface area contributed by atoms with Crippen LogP contribution in [0.25, 0.3) is 0 Å². The minimum Gasteiger partial charge on any atom is -0.376 e. The highest BCUT2D eigenvalue weighted by Crippen LogP contribution is 2.55. The molecule has 0 spiro atoms. The third-order valence-electron chi connectivity index (χ3n) is 4.32. The number of methoxy groups -OCH3 is 1. The molecule has 0 saturated carbocycles. The molecule has 1 unspecified atom stereocenters. The van der Waals surface area contributed by atoms with Crippen LogP contribution in [0.15, 0.2) is 0 Å². The average molecular weight is 546 g/mol. The summed E-state index contributed by atoms with van der Waals surface area (Å²) in [4.78, 5) is 0. The van der Waals surface area contributed by atoms with E-state index >= 15 is 0 Å². The van der Waals surface area contributed by atoms with Crippen molar-refractivity contribution in [3.05, 3.63) is 0 Å². The summed E-state index contributed by atoms with van der Waals surface area (Å²) in [5.41, 5.74) is 0. The first-order valence-corrected chi connectivity index (χ1v) is 9.00. The van der Waals surface area contributed by atoms with E-state index in [1.54, 1.807) is 0 Å². The maximum absolute atomic E-state index is 13.9. The number of hydrogen-bond donors (Lipinski definition) is 0. The molecular weight excluding hydrogens is 530 g/mol. The van der Waals surface area contributed by atoms with E-state index in [1.165, 1.54) is 36.4 Å². The summed E-state index contributed by atoms with van der Waals surface area (Å²) < 4.78 is 137. The second kappa shape index (κ2) is 7.27. The highest BCUT2D eigenvalue weighted by atomic mass is 127. The second-order valence-electron chi connectivity index (χ2n) is 6.84. The molecule has 0 aromatic rings. The predicted octanol–water partition coefficient (Wildman–Crippen LogP) is 4.54. The molecular formula is C14H16F9IO4. The highest BCUT2D eigenvalue weighted by molar-refractivity contribution is 14.1. The molecule has 0 radical (unpaired) electrons. The van der Waals surface area contributed by atoms with Gasteiger partial charge in [0.05, 0.1) is 0 Å². The second-order valence-corrected chi connectivity index (χ2v) is 8.44. The van der Waals surface area contributed by atoms with Gasteiger partial charge in [0, 0.05) is 17.5 Å². The van der Waals surface area contributed by atoms with Gasteiger partial charge in [-0.25, -0.2) is 0 Å². The Kier molecular flexibility index (Phi) is 6.29. The van der Waals surface area contributed by atoms with Gasteiger partial charge in [0.25, 0.3) is 0 Å². The molecule has 2 aliphatic rings. The molecule has 2 saturated heterocycles. The summed E-state index contributed by atoms with van der Waals surface area (Å²) in [6.07, 6.45) is -13.4. The van der Waals surface area contributed by atoms with Crippen molar-refractivity contribution in [1.82, 2.24) is 0 Å². The third-order valence-corrected chi connectivity index (χ3v) is 5.47. The molecule has 0 amide bonds. The van der Waals surface area contributed by atoms with Gasteiger partial charge in [-0.05, 0) is 13.8 Å². The van der Waals surface area contributed by atoms with Crippen LogP contribution < -0.4 is 0 Å². The smallest absolute Gasteiger partial charge is 0.376 e. The lowest BCUT2D eigenvalue weighted by molar-refractivity contribution is -0.396. The quantitative estimate of drug-likeness (QED) is 0.279. The van der Waals surface area contributed by atoms with E-state index in [4.69, 9.17) is 18.9 Å². The van der Waals surface area contributed by atoms with E-state index in [9.17, 15) is 39.5 Å². The van der Waals surface area contributed by atoms with Crippen molar-refractivity contribution in [3.8, 4) is 0 Å². The molecule has 0 aliphatic carbocycles. The van der Waals surface area contributed by atoms with E-state index in [2.05, 4.69) is 0 Å². The predicted molar refractivity (Wildman–Crippen MR) is 82.8 cm³/mol. The van der Waals surface area contributed by atoms with E-state index in [0.717, 1.165) is 7.11 Å². The lowest BCUT2D eigenvalue weighted by Gasteiger charge is -2.36. The molecule has 4 nitrogen and oxygen atoms in total. The normalized spacial score (nSPS) is 32.5. The molecule has 14 heteroatoms. The van der Waals surface area contributed by atoms with Gasteiger partial charge in [-0.1, -0.05) is 22.6 Å². The number of hydrogen-bond acceptors (Lipinski definition) is 4. The largest absolute Gasteiger partial charge is 0.460 e. The number of halogens is 10. The zero-order valence-electron chi connectivity index (χ0n) is 14.5. The van der Waals surface area contributed by atoms with Crippen LogP contribution in [0, 0.1) is 0 Å². The van der Waals surface area contributed by atoms with Crippen molar-refractivity contribution in [2.75, 3.05) is 7.11 Å². The molecule has 0 aromatic heterocycles. The van der Waals surface area contributed by atoms with Crippen LogP contribution in [0.4, 0.5) is 39.5 Å². The molecule has 2 heterocycles. The fourth-order valence-corrected chi connectivity index (χ4v) is 4.09. The molecule has 2 rings (SSSR count). The van der Waals surface area contributed by atoms with Crippen LogP contribution in [0.5, 0.6) is 0 Å². The molecule has 28 heavy (non-hydrogen) atoms. The van der Waals surface area contributed by atoms with Gasteiger partial charge in [0.1, 0.15) is 18.3 Å². The molecule has 0 aromatic carbocycles. The Bertz CT molecular complexity index is 584. The Balaban J connectivity index is 2.18. The average Bonchev–Trinajstić information content (AvgIpc) is 2.96. The number of rotatable bonds is 6. The molecule has 5 atom stereocenters. The van der Waals surface area contributed by atoms with Gasteiger partial charge in [0.15, 0.2) is 12.1 Å². The van der Waals surface area contributed by atoms with Crippen molar-refractivity contribution in [2.24, 2.45) is 0 Å². The SMILES string of the molecule is CO[C@@H]1[C@H]2OC(C)(C)O[C@H]2O[C@@H]1C(I)CC(F)(F)C(F)(F)C(F)(F)C(F)(F)F. The summed E-state index contributed by atoms with van der Waals surface area (Å²) in [5, 5.41) is 0. The molecule has 2 aliphatic heterocycles. The molecule has 0 bridgehead atoms. The Morgan fingerprint density at radius 3 is 1.96 bits per heavy atom. The van der Waals surface area contributed by atoms with Crippen LogP contribution in [0.2, 0.25) is 0 Å². The van der Waals surface area contributed by atoms with Crippen molar-refractivity contribution >= 4 is 22.6 Å². The van der Waals surface area contributed by atoms with Crippen LogP contribution in [0.3, 0.4) is 0 Å². The summed E-state index contributed by atoms with van der Waals surface area (Å²) in [7, 11) is 1.14. The van der Waals surface area contributed by atoms with Gasteiger partial charge >= 0.3 is 23.9 Å². The fourth-order valence-electron chi connectivity index (χ4n) is 2.96. The minimum atomic E-state index is -6.93. The number of alkyl halides is 10. The standard InChI is InChI=1S/C14H16F9IO4/c1-10(2)27-8-7(25-3)6(26-9(8)28-10)5(24)4-11(15,16)12(17,18)13(19,20)14(21,22)23/h5-9H,4H2,1-3H3/t5?,6-,7+,8-,9-/m1/s1. The number of ether oxygens (including phenoxy) is 4. The first-order chi connectivity index (χ1) is 12.4. The highest BCUT2D eigenvalue weighted by Gasteiger charge is 2.81. The summed E-state index contributed by atoms with van der Waals surface area (Å²) in [5.74, 6) is -20.4. The van der Waals surface area contributed by atoms with E-state index in [1.807, 2.05) is 0 Å². The first kappa shape index (κ1) is 24.2. The Labute approximate surface area is 167 Å². The molecule has 0 N–H and O–H groups in total. The monoisotopic (exact) mass is 546 g/mol. The minimum absolute atomic E-state index is 0.923. The fraction of sp³-hybridized carbons (Fsp3) is 1.00.